The smallest absolute Gasteiger partial charge is 0.407 e. The third kappa shape index (κ3) is 4.08. The van der Waals surface area contributed by atoms with Crippen LogP contribution in [-0.2, 0) is 9.53 Å². The van der Waals surface area contributed by atoms with Crippen molar-refractivity contribution in [2.24, 2.45) is 0 Å². The van der Waals surface area contributed by atoms with E-state index in [0.29, 0.717) is 4.91 Å². The first-order valence-electron chi connectivity index (χ1n) is 6.31. The van der Waals surface area contributed by atoms with Crippen LogP contribution < -0.4 is 5.32 Å². The van der Waals surface area contributed by atoms with Gasteiger partial charge in [0.25, 0.3) is 11.1 Å². The molecular weight excluding hydrogens is 312 g/mol. The maximum atomic E-state index is 12.1. The zero-order chi connectivity index (χ0) is 15.2. The standard InChI is InChI=1S/C13H14N2O4S2/c1-2-19-12(17)14-5-6-15-11(16)10(21-13(15)18)8-9-4-3-7-20-9/h3-4,7-8H,2,5-6H2,1H3,(H,14,17). The summed E-state index contributed by atoms with van der Waals surface area (Å²) in [6.07, 6.45) is 1.15. The summed E-state index contributed by atoms with van der Waals surface area (Å²) >= 11 is 2.41. The van der Waals surface area contributed by atoms with E-state index < -0.39 is 6.09 Å². The second-order valence-electron chi connectivity index (χ2n) is 4.00. The van der Waals surface area contributed by atoms with Crippen LogP contribution in [0.15, 0.2) is 22.4 Å². The Hall–Kier alpha value is -1.80. The van der Waals surface area contributed by atoms with Gasteiger partial charge in [-0.05, 0) is 36.2 Å². The SMILES string of the molecule is CCOC(=O)NCCN1C(=O)SC(=Cc2cccs2)C1=O. The molecule has 2 rings (SSSR count). The molecule has 1 fully saturated rings. The van der Waals surface area contributed by atoms with E-state index in [-0.39, 0.29) is 30.8 Å². The van der Waals surface area contributed by atoms with Gasteiger partial charge in [0.1, 0.15) is 0 Å². The van der Waals surface area contributed by atoms with E-state index in [1.165, 1.54) is 11.3 Å². The summed E-state index contributed by atoms with van der Waals surface area (Å²) in [5.74, 6) is -0.330. The van der Waals surface area contributed by atoms with Crippen LogP contribution >= 0.6 is 23.1 Å². The highest BCUT2D eigenvalue weighted by Gasteiger charge is 2.34. The molecule has 0 saturated carbocycles. The molecule has 1 aromatic rings. The average Bonchev–Trinajstić information content (AvgIpc) is 3.03. The molecular formula is C13H14N2O4S2. The lowest BCUT2D eigenvalue weighted by molar-refractivity contribution is -0.122. The fourth-order valence-electron chi connectivity index (χ4n) is 1.65. The van der Waals surface area contributed by atoms with Crippen molar-refractivity contribution in [2.75, 3.05) is 19.7 Å². The number of amides is 3. The summed E-state index contributed by atoms with van der Waals surface area (Å²) in [5.41, 5.74) is 0. The highest BCUT2D eigenvalue weighted by Crippen LogP contribution is 2.32. The topological polar surface area (TPSA) is 75.7 Å². The third-order valence-electron chi connectivity index (χ3n) is 2.57. The van der Waals surface area contributed by atoms with Gasteiger partial charge < -0.3 is 10.1 Å². The number of carbonyl (C=O) groups excluding carboxylic acids is 3. The zero-order valence-corrected chi connectivity index (χ0v) is 13.0. The second kappa shape index (κ2) is 7.28. The molecule has 0 aliphatic carbocycles. The fraction of sp³-hybridized carbons (Fsp3) is 0.308. The van der Waals surface area contributed by atoms with Crippen LogP contribution in [0.3, 0.4) is 0 Å². The van der Waals surface area contributed by atoms with Gasteiger partial charge >= 0.3 is 6.09 Å². The summed E-state index contributed by atoms with van der Waals surface area (Å²) in [6.45, 7) is 2.27. The Morgan fingerprint density at radius 1 is 1.48 bits per heavy atom. The lowest BCUT2D eigenvalue weighted by Crippen LogP contribution is -2.37. The number of nitrogens with zero attached hydrogens (tertiary/aromatic N) is 1. The van der Waals surface area contributed by atoms with E-state index >= 15 is 0 Å². The summed E-state index contributed by atoms with van der Waals surface area (Å²) in [6, 6.07) is 3.75. The first-order chi connectivity index (χ1) is 10.1. The van der Waals surface area contributed by atoms with Crippen molar-refractivity contribution in [1.82, 2.24) is 10.2 Å². The molecule has 0 bridgehead atoms. The van der Waals surface area contributed by atoms with Crippen LogP contribution in [-0.4, -0.2) is 41.8 Å². The van der Waals surface area contributed by atoms with Crippen molar-refractivity contribution in [2.45, 2.75) is 6.92 Å². The number of thiophene rings is 1. The van der Waals surface area contributed by atoms with Crippen LogP contribution in [0.4, 0.5) is 9.59 Å². The van der Waals surface area contributed by atoms with Gasteiger partial charge in [0.15, 0.2) is 0 Å². The number of nitrogens with one attached hydrogen (secondary N) is 1. The van der Waals surface area contributed by atoms with E-state index in [1.807, 2.05) is 17.5 Å². The summed E-state index contributed by atoms with van der Waals surface area (Å²) < 4.78 is 4.70. The fourth-order valence-corrected chi connectivity index (χ4v) is 3.24. The highest BCUT2D eigenvalue weighted by molar-refractivity contribution is 8.18. The first-order valence-corrected chi connectivity index (χ1v) is 8.01. The average molecular weight is 326 g/mol. The van der Waals surface area contributed by atoms with Crippen molar-refractivity contribution in [3.05, 3.63) is 27.3 Å². The Morgan fingerprint density at radius 2 is 2.29 bits per heavy atom. The molecule has 6 nitrogen and oxygen atoms in total. The summed E-state index contributed by atoms with van der Waals surface area (Å²) in [7, 11) is 0. The van der Waals surface area contributed by atoms with E-state index in [2.05, 4.69) is 5.32 Å². The van der Waals surface area contributed by atoms with Crippen molar-refractivity contribution in [1.29, 1.82) is 0 Å². The molecule has 1 aliphatic heterocycles. The molecule has 0 radical (unpaired) electrons. The van der Waals surface area contributed by atoms with E-state index in [4.69, 9.17) is 4.74 Å². The molecule has 1 aromatic heterocycles. The number of hydrogen-bond acceptors (Lipinski definition) is 6. The number of imide groups is 1. The van der Waals surface area contributed by atoms with Crippen LogP contribution in [0.2, 0.25) is 0 Å². The van der Waals surface area contributed by atoms with Gasteiger partial charge in [-0.1, -0.05) is 6.07 Å². The monoisotopic (exact) mass is 326 g/mol. The van der Waals surface area contributed by atoms with Crippen molar-refractivity contribution >= 4 is 46.4 Å². The number of rotatable bonds is 5. The third-order valence-corrected chi connectivity index (χ3v) is 4.30. The maximum Gasteiger partial charge on any atom is 0.407 e. The molecule has 0 aromatic carbocycles. The normalized spacial score (nSPS) is 16.6. The zero-order valence-electron chi connectivity index (χ0n) is 11.3. The van der Waals surface area contributed by atoms with E-state index in [9.17, 15) is 14.4 Å². The molecule has 2 heterocycles. The Labute approximate surface area is 130 Å². The largest absolute Gasteiger partial charge is 0.450 e. The van der Waals surface area contributed by atoms with Crippen LogP contribution in [0.1, 0.15) is 11.8 Å². The molecule has 0 spiro atoms. The molecule has 1 N–H and O–H groups in total. The Morgan fingerprint density at radius 3 is 2.95 bits per heavy atom. The van der Waals surface area contributed by atoms with E-state index in [1.54, 1.807) is 13.0 Å². The predicted molar refractivity (Wildman–Crippen MR) is 82.0 cm³/mol. The van der Waals surface area contributed by atoms with Gasteiger partial charge in [-0.2, -0.15) is 0 Å². The Bertz CT molecular complexity index is 569. The number of thioether (sulfide) groups is 1. The van der Waals surface area contributed by atoms with Gasteiger partial charge in [-0.15, -0.1) is 11.3 Å². The van der Waals surface area contributed by atoms with Crippen molar-refractivity contribution in [3.63, 3.8) is 0 Å². The minimum atomic E-state index is -0.557. The quantitative estimate of drug-likeness (QED) is 0.842. The number of hydrogen-bond donors (Lipinski definition) is 1. The lowest BCUT2D eigenvalue weighted by Gasteiger charge is -2.12. The van der Waals surface area contributed by atoms with Crippen molar-refractivity contribution < 1.29 is 19.1 Å². The maximum absolute atomic E-state index is 12.1. The number of ether oxygens (including phenoxy) is 1. The predicted octanol–water partition coefficient (Wildman–Crippen LogP) is 2.53. The number of alkyl carbamates (subject to hydrolysis) is 1. The molecule has 0 unspecified atom stereocenters. The minimum Gasteiger partial charge on any atom is -0.450 e. The molecule has 1 aliphatic rings. The molecule has 21 heavy (non-hydrogen) atoms. The second-order valence-corrected chi connectivity index (χ2v) is 5.97. The lowest BCUT2D eigenvalue weighted by atomic mass is 10.3. The van der Waals surface area contributed by atoms with Gasteiger partial charge in [0.2, 0.25) is 0 Å². The van der Waals surface area contributed by atoms with Gasteiger partial charge in [-0.3, -0.25) is 14.5 Å². The van der Waals surface area contributed by atoms with Gasteiger partial charge in [-0.25, -0.2) is 4.79 Å². The molecule has 1 saturated heterocycles. The van der Waals surface area contributed by atoms with Crippen LogP contribution in [0.25, 0.3) is 6.08 Å². The van der Waals surface area contributed by atoms with Gasteiger partial charge in [0.05, 0.1) is 11.5 Å². The van der Waals surface area contributed by atoms with E-state index in [0.717, 1.165) is 21.5 Å². The van der Waals surface area contributed by atoms with Crippen molar-refractivity contribution in [3.8, 4) is 0 Å². The molecule has 0 atom stereocenters. The van der Waals surface area contributed by atoms with Crippen LogP contribution in [0, 0.1) is 0 Å². The number of carbonyl (C=O) groups is 3. The van der Waals surface area contributed by atoms with Gasteiger partial charge in [0, 0.05) is 18.0 Å². The molecule has 3 amide bonds. The molecule has 112 valence electrons. The summed E-state index contributed by atoms with van der Waals surface area (Å²) in [4.78, 5) is 37.5. The van der Waals surface area contributed by atoms with Crippen LogP contribution in [0.5, 0.6) is 0 Å². The first kappa shape index (κ1) is 15.6. The summed E-state index contributed by atoms with van der Waals surface area (Å²) in [5, 5.41) is 4.05. The highest BCUT2D eigenvalue weighted by atomic mass is 32.2. The Kier molecular flexibility index (Phi) is 5.40. The molecule has 8 heteroatoms. The Balaban J connectivity index is 1.91. The minimum absolute atomic E-state index is 0.130.